The van der Waals surface area contributed by atoms with Crippen LogP contribution in [0, 0.1) is 0 Å². The largest absolute Gasteiger partial charge is 0.517 e. The van der Waals surface area contributed by atoms with Crippen molar-refractivity contribution in [1.29, 1.82) is 0 Å². The van der Waals surface area contributed by atoms with Crippen molar-refractivity contribution in [3.8, 4) is 0 Å². The van der Waals surface area contributed by atoms with Gasteiger partial charge >= 0.3 is 0 Å². The molecule has 0 saturated carbocycles. The van der Waals surface area contributed by atoms with E-state index in [0.717, 1.165) is 4.90 Å². The summed E-state index contributed by atoms with van der Waals surface area (Å²) in [6.45, 7) is 11.0. The molecule has 0 spiro atoms. The molecule has 0 aromatic heterocycles. The van der Waals surface area contributed by atoms with Gasteiger partial charge in [-0.15, -0.1) is 0 Å². The summed E-state index contributed by atoms with van der Waals surface area (Å²) >= 11 is 1.59. The zero-order chi connectivity index (χ0) is 13.1. The van der Waals surface area contributed by atoms with Crippen LogP contribution in [0.5, 0.6) is 0 Å². The fourth-order valence-electron chi connectivity index (χ4n) is 1.15. The van der Waals surface area contributed by atoms with Gasteiger partial charge in [0.05, 0.1) is 5.38 Å². The summed E-state index contributed by atoms with van der Waals surface area (Å²) in [6.07, 6.45) is 0. The van der Waals surface area contributed by atoms with Crippen LogP contribution in [0.1, 0.15) is 20.8 Å². The Kier molecular flexibility index (Phi) is 4.50. The van der Waals surface area contributed by atoms with Gasteiger partial charge in [0, 0.05) is 10.3 Å². The molecular formula is C14H22OSSi. The molecule has 1 rings (SSSR count). The van der Waals surface area contributed by atoms with Crippen molar-refractivity contribution in [2.45, 2.75) is 43.8 Å². The molecule has 1 aromatic rings. The molecule has 0 fully saturated rings. The number of hydrogen-bond donors (Lipinski definition) is 1. The minimum absolute atomic E-state index is 0.171. The number of aliphatic hydroxyl groups is 1. The zero-order valence-corrected chi connectivity index (χ0v) is 13.1. The fraction of sp³-hybridized carbons (Fsp3) is 0.429. The van der Waals surface area contributed by atoms with Crippen molar-refractivity contribution in [1.82, 2.24) is 0 Å². The lowest BCUT2D eigenvalue weighted by Crippen LogP contribution is -2.39. The third kappa shape index (κ3) is 3.65. The minimum atomic E-state index is -1.77. The Morgan fingerprint density at radius 1 is 1.18 bits per heavy atom. The number of thioether (sulfide) groups is 1. The molecule has 0 heterocycles. The highest BCUT2D eigenvalue weighted by atomic mass is 32.2. The molecule has 1 aromatic carbocycles. The van der Waals surface area contributed by atoms with E-state index in [-0.39, 0.29) is 5.04 Å². The standard InChI is InChI=1S/C14H22OSSi/c1-14(2,3)17(4,5)13(15)11-16-12-9-7-6-8-10-12/h6-11,15H,1-5H3/b13-11-. The lowest BCUT2D eigenvalue weighted by atomic mass is 10.2. The Bertz CT molecular complexity index is 390. The van der Waals surface area contributed by atoms with Crippen LogP contribution in [0.4, 0.5) is 0 Å². The Labute approximate surface area is 110 Å². The topological polar surface area (TPSA) is 20.2 Å². The van der Waals surface area contributed by atoms with Gasteiger partial charge in [0.2, 0.25) is 0 Å². The lowest BCUT2D eigenvalue weighted by Gasteiger charge is -2.35. The zero-order valence-electron chi connectivity index (χ0n) is 11.3. The van der Waals surface area contributed by atoms with Crippen LogP contribution >= 0.6 is 11.8 Å². The first-order valence-electron chi connectivity index (χ1n) is 5.86. The van der Waals surface area contributed by atoms with Crippen LogP contribution in [-0.2, 0) is 0 Å². The van der Waals surface area contributed by atoms with Gasteiger partial charge in [-0.2, -0.15) is 0 Å². The summed E-state index contributed by atoms with van der Waals surface area (Å²) < 4.78 is 0. The normalized spacial score (nSPS) is 13.8. The van der Waals surface area contributed by atoms with Gasteiger partial charge < -0.3 is 5.11 Å². The third-order valence-electron chi connectivity index (χ3n) is 3.57. The van der Waals surface area contributed by atoms with E-state index < -0.39 is 8.07 Å². The van der Waals surface area contributed by atoms with E-state index in [1.807, 2.05) is 23.6 Å². The van der Waals surface area contributed by atoms with E-state index in [1.165, 1.54) is 0 Å². The van der Waals surface area contributed by atoms with Crippen LogP contribution in [0.3, 0.4) is 0 Å². The molecule has 1 N–H and O–H groups in total. The van der Waals surface area contributed by atoms with Crippen LogP contribution in [0.15, 0.2) is 46.0 Å². The van der Waals surface area contributed by atoms with Crippen molar-refractivity contribution in [2.24, 2.45) is 0 Å². The molecule has 0 unspecified atom stereocenters. The van der Waals surface area contributed by atoms with Gasteiger partial charge in [-0.3, -0.25) is 0 Å². The van der Waals surface area contributed by atoms with E-state index >= 15 is 0 Å². The molecule has 0 radical (unpaired) electrons. The highest BCUT2D eigenvalue weighted by molar-refractivity contribution is 8.02. The second-order valence-electron chi connectivity index (χ2n) is 5.81. The van der Waals surface area contributed by atoms with Gasteiger partial charge in [-0.1, -0.05) is 63.8 Å². The Hall–Kier alpha value is -0.673. The maximum absolute atomic E-state index is 10.3. The first-order valence-corrected chi connectivity index (χ1v) is 9.74. The summed E-state index contributed by atoms with van der Waals surface area (Å²) in [5.41, 5.74) is 0. The first-order chi connectivity index (χ1) is 7.75. The van der Waals surface area contributed by atoms with Gasteiger partial charge in [0.15, 0.2) is 0 Å². The first kappa shape index (κ1) is 14.4. The Morgan fingerprint density at radius 2 is 1.71 bits per heavy atom. The van der Waals surface area contributed by atoms with Crippen LogP contribution in [0.2, 0.25) is 18.1 Å². The molecule has 0 aliphatic carbocycles. The SMILES string of the molecule is CC(C)(C)[Si](C)(C)/C(O)=C\Sc1ccccc1. The predicted octanol–water partition coefficient (Wildman–Crippen LogP) is 5.23. The predicted molar refractivity (Wildman–Crippen MR) is 80.2 cm³/mol. The molecule has 94 valence electrons. The fourth-order valence-corrected chi connectivity index (χ4v) is 3.84. The molecule has 0 amide bonds. The third-order valence-corrected chi connectivity index (χ3v) is 9.83. The summed E-state index contributed by atoms with van der Waals surface area (Å²) in [4.78, 5) is 1.16. The average molecular weight is 266 g/mol. The number of hydrogen-bond acceptors (Lipinski definition) is 2. The second-order valence-corrected chi connectivity index (χ2v) is 12.0. The van der Waals surface area contributed by atoms with Crippen LogP contribution in [-0.4, -0.2) is 13.2 Å². The molecule has 0 aliphatic heterocycles. The molecule has 0 aliphatic rings. The van der Waals surface area contributed by atoms with Gasteiger partial charge in [0.1, 0.15) is 8.07 Å². The molecule has 1 nitrogen and oxygen atoms in total. The molecule has 3 heteroatoms. The molecule has 0 saturated heterocycles. The summed E-state index contributed by atoms with van der Waals surface area (Å²) in [5, 5.41) is 12.9. The van der Waals surface area contributed by atoms with Gasteiger partial charge in [-0.25, -0.2) is 0 Å². The van der Waals surface area contributed by atoms with Gasteiger partial charge in [-0.05, 0) is 17.2 Å². The lowest BCUT2D eigenvalue weighted by molar-refractivity contribution is 0.438. The summed E-state index contributed by atoms with van der Waals surface area (Å²) in [6, 6.07) is 10.1. The molecular weight excluding hydrogens is 244 g/mol. The monoisotopic (exact) mass is 266 g/mol. The molecule has 17 heavy (non-hydrogen) atoms. The molecule has 0 atom stereocenters. The number of rotatable bonds is 3. The Morgan fingerprint density at radius 3 is 2.18 bits per heavy atom. The van der Waals surface area contributed by atoms with E-state index in [0.29, 0.717) is 5.38 Å². The average Bonchev–Trinajstić information content (AvgIpc) is 2.25. The minimum Gasteiger partial charge on any atom is -0.517 e. The number of benzene rings is 1. The van der Waals surface area contributed by atoms with E-state index in [2.05, 4.69) is 46.0 Å². The smallest absolute Gasteiger partial charge is 0.131 e. The Balaban J connectivity index is 2.80. The van der Waals surface area contributed by atoms with Crippen LogP contribution < -0.4 is 0 Å². The molecule has 0 bridgehead atoms. The highest BCUT2D eigenvalue weighted by Gasteiger charge is 2.39. The summed E-state index contributed by atoms with van der Waals surface area (Å²) in [7, 11) is -1.77. The second kappa shape index (κ2) is 5.32. The van der Waals surface area contributed by atoms with E-state index in [1.54, 1.807) is 11.8 Å². The van der Waals surface area contributed by atoms with E-state index in [9.17, 15) is 5.11 Å². The van der Waals surface area contributed by atoms with Crippen molar-refractivity contribution in [2.75, 3.05) is 0 Å². The van der Waals surface area contributed by atoms with E-state index in [4.69, 9.17) is 0 Å². The number of aliphatic hydroxyl groups excluding tert-OH is 1. The van der Waals surface area contributed by atoms with Crippen molar-refractivity contribution < 1.29 is 5.11 Å². The maximum Gasteiger partial charge on any atom is 0.131 e. The quantitative estimate of drug-likeness (QED) is 0.459. The maximum atomic E-state index is 10.3. The van der Waals surface area contributed by atoms with Crippen molar-refractivity contribution >= 4 is 19.8 Å². The highest BCUT2D eigenvalue weighted by Crippen LogP contribution is 2.40. The van der Waals surface area contributed by atoms with Crippen molar-refractivity contribution in [3.05, 3.63) is 41.1 Å². The summed E-state index contributed by atoms with van der Waals surface area (Å²) in [5.74, 6) is 0. The van der Waals surface area contributed by atoms with Crippen LogP contribution in [0.25, 0.3) is 0 Å². The van der Waals surface area contributed by atoms with Gasteiger partial charge in [0.25, 0.3) is 0 Å². The van der Waals surface area contributed by atoms with Crippen molar-refractivity contribution in [3.63, 3.8) is 0 Å².